The van der Waals surface area contributed by atoms with E-state index in [1.165, 1.54) is 0 Å². The standard InChI is InChI=1S/C19H22N4O2.CH3NO/c1-4-13-10-15(11-17-18(13)16(5-2)23-25-17)22-19(24)21-12(3)14-6-8-20-9-7-14;2-1-3/h6-12H,4-5H2,1-3H3,(H2,21,22,24);1H,(H2,2,3). The van der Waals surface area contributed by atoms with Gasteiger partial charge in [-0.2, -0.15) is 0 Å². The number of carbonyl (C=O) groups is 2. The second-order valence-corrected chi connectivity index (χ2v) is 6.08. The minimum Gasteiger partial charge on any atom is -0.372 e. The molecule has 0 radical (unpaired) electrons. The van der Waals surface area contributed by atoms with Crippen molar-refractivity contribution in [2.45, 2.75) is 39.7 Å². The highest BCUT2D eigenvalue weighted by molar-refractivity contribution is 5.94. The van der Waals surface area contributed by atoms with Crippen molar-refractivity contribution in [3.8, 4) is 0 Å². The summed E-state index contributed by atoms with van der Waals surface area (Å²) in [5.41, 5.74) is 8.64. The lowest BCUT2D eigenvalue weighted by atomic mass is 10.0. The van der Waals surface area contributed by atoms with Crippen LogP contribution in [0.3, 0.4) is 0 Å². The maximum Gasteiger partial charge on any atom is 0.319 e. The zero-order chi connectivity index (χ0) is 20.5. The monoisotopic (exact) mass is 383 g/mol. The minimum absolute atomic E-state index is 0.116. The molecule has 0 saturated heterocycles. The Morgan fingerprint density at radius 1 is 1.25 bits per heavy atom. The molecule has 0 bridgehead atoms. The lowest BCUT2D eigenvalue weighted by Gasteiger charge is -2.15. The van der Waals surface area contributed by atoms with Gasteiger partial charge in [0.2, 0.25) is 6.41 Å². The zero-order valence-corrected chi connectivity index (χ0v) is 16.2. The maximum atomic E-state index is 12.3. The Balaban J connectivity index is 0.000000878. The number of pyridine rings is 1. The van der Waals surface area contributed by atoms with Gasteiger partial charge in [0.15, 0.2) is 5.58 Å². The summed E-state index contributed by atoms with van der Waals surface area (Å²) in [7, 11) is 0. The molecule has 0 spiro atoms. The number of benzene rings is 1. The topological polar surface area (TPSA) is 123 Å². The molecule has 8 nitrogen and oxygen atoms in total. The Hall–Kier alpha value is -3.42. The molecule has 2 aromatic heterocycles. The Labute approximate surface area is 163 Å². The summed E-state index contributed by atoms with van der Waals surface area (Å²) >= 11 is 0. The van der Waals surface area contributed by atoms with E-state index in [2.05, 4.69) is 40.4 Å². The van der Waals surface area contributed by atoms with Gasteiger partial charge in [-0.25, -0.2) is 4.79 Å². The number of rotatable bonds is 5. The number of urea groups is 1. The van der Waals surface area contributed by atoms with E-state index in [1.807, 2.05) is 31.2 Å². The first kappa shape index (κ1) is 20.9. The average molecular weight is 383 g/mol. The van der Waals surface area contributed by atoms with E-state index in [1.54, 1.807) is 12.4 Å². The number of nitrogens with one attached hydrogen (secondary N) is 2. The summed E-state index contributed by atoms with van der Waals surface area (Å²) < 4.78 is 5.43. The molecule has 3 rings (SSSR count). The molecular weight excluding hydrogens is 358 g/mol. The van der Waals surface area contributed by atoms with Crippen molar-refractivity contribution in [2.75, 3.05) is 5.32 Å². The minimum atomic E-state index is -0.263. The van der Waals surface area contributed by atoms with E-state index in [-0.39, 0.29) is 18.5 Å². The Morgan fingerprint density at radius 2 is 1.93 bits per heavy atom. The first-order chi connectivity index (χ1) is 13.5. The maximum absolute atomic E-state index is 12.3. The average Bonchev–Trinajstić information content (AvgIpc) is 3.11. The molecule has 1 atom stereocenters. The molecule has 1 aromatic carbocycles. The predicted molar refractivity (Wildman–Crippen MR) is 108 cm³/mol. The van der Waals surface area contributed by atoms with E-state index in [0.717, 1.165) is 35.0 Å². The van der Waals surface area contributed by atoms with Gasteiger partial charge in [0.05, 0.1) is 11.7 Å². The van der Waals surface area contributed by atoms with Crippen LogP contribution >= 0.6 is 0 Å². The molecule has 4 N–H and O–H groups in total. The summed E-state index contributed by atoms with van der Waals surface area (Å²) in [5, 5.41) is 11.0. The third-order valence-electron chi connectivity index (χ3n) is 4.25. The van der Waals surface area contributed by atoms with Crippen molar-refractivity contribution in [1.29, 1.82) is 0 Å². The number of carbonyl (C=O) groups excluding carboxylic acids is 2. The number of hydrogen-bond donors (Lipinski definition) is 3. The van der Waals surface area contributed by atoms with Crippen LogP contribution in [0.15, 0.2) is 41.2 Å². The van der Waals surface area contributed by atoms with Crippen LogP contribution in [-0.4, -0.2) is 22.6 Å². The van der Waals surface area contributed by atoms with Crippen LogP contribution < -0.4 is 16.4 Å². The number of aryl methyl sites for hydroxylation is 2. The van der Waals surface area contributed by atoms with Gasteiger partial charge >= 0.3 is 6.03 Å². The summed E-state index contributed by atoms with van der Waals surface area (Å²) in [4.78, 5) is 24.9. The van der Waals surface area contributed by atoms with Crippen molar-refractivity contribution < 1.29 is 14.1 Å². The number of anilines is 1. The van der Waals surface area contributed by atoms with Crippen molar-refractivity contribution in [1.82, 2.24) is 15.5 Å². The predicted octanol–water partition coefficient (Wildman–Crippen LogP) is 3.33. The molecule has 2 heterocycles. The lowest BCUT2D eigenvalue weighted by Crippen LogP contribution is -2.31. The molecule has 3 aromatic rings. The number of nitrogens with zero attached hydrogens (tertiary/aromatic N) is 2. The van der Waals surface area contributed by atoms with Crippen LogP contribution in [0.1, 0.15) is 43.6 Å². The number of hydrogen-bond acceptors (Lipinski definition) is 5. The Morgan fingerprint density at radius 3 is 2.54 bits per heavy atom. The fraction of sp³-hybridized carbons (Fsp3) is 0.300. The quantitative estimate of drug-likeness (QED) is 0.583. The van der Waals surface area contributed by atoms with Crippen molar-refractivity contribution in [3.05, 3.63) is 53.5 Å². The summed E-state index contributed by atoms with van der Waals surface area (Å²) in [6.07, 6.45) is 5.33. The molecule has 0 aliphatic heterocycles. The highest BCUT2D eigenvalue weighted by atomic mass is 16.5. The molecule has 8 heteroatoms. The lowest BCUT2D eigenvalue weighted by molar-refractivity contribution is -0.106. The SMILES string of the molecule is CCc1cc(NC(=O)NC(C)c2ccncc2)cc2onc(CC)c12.NC=O. The molecule has 148 valence electrons. The van der Waals surface area contributed by atoms with Crippen molar-refractivity contribution in [3.63, 3.8) is 0 Å². The van der Waals surface area contributed by atoms with E-state index < -0.39 is 0 Å². The van der Waals surface area contributed by atoms with Gasteiger partial charge in [-0.15, -0.1) is 0 Å². The van der Waals surface area contributed by atoms with Gasteiger partial charge in [0.1, 0.15) is 0 Å². The van der Waals surface area contributed by atoms with Gasteiger partial charge in [-0.05, 0) is 49.1 Å². The summed E-state index contributed by atoms with van der Waals surface area (Å²) in [5.74, 6) is 0. The van der Waals surface area contributed by atoms with Crippen LogP contribution in [0.5, 0.6) is 0 Å². The number of aromatic nitrogens is 2. The normalized spacial score (nSPS) is 11.2. The third kappa shape index (κ3) is 5.06. The number of amides is 3. The van der Waals surface area contributed by atoms with E-state index in [4.69, 9.17) is 9.32 Å². The van der Waals surface area contributed by atoms with Crippen molar-refractivity contribution in [2.24, 2.45) is 5.73 Å². The smallest absolute Gasteiger partial charge is 0.319 e. The first-order valence-corrected chi connectivity index (χ1v) is 9.07. The van der Waals surface area contributed by atoms with Gasteiger partial charge < -0.3 is 20.9 Å². The van der Waals surface area contributed by atoms with Gasteiger partial charge in [0.25, 0.3) is 0 Å². The number of nitrogens with two attached hydrogens (primary N) is 1. The molecule has 1 unspecified atom stereocenters. The second kappa shape index (κ2) is 10.1. The largest absolute Gasteiger partial charge is 0.372 e. The number of primary amides is 1. The highest BCUT2D eigenvalue weighted by Crippen LogP contribution is 2.28. The second-order valence-electron chi connectivity index (χ2n) is 6.08. The molecule has 3 amide bonds. The molecule has 0 fully saturated rings. The molecule has 0 aliphatic rings. The fourth-order valence-electron chi connectivity index (χ4n) is 2.91. The highest BCUT2D eigenvalue weighted by Gasteiger charge is 2.14. The number of fused-ring (bicyclic) bond motifs is 1. The fourth-order valence-corrected chi connectivity index (χ4v) is 2.91. The summed E-state index contributed by atoms with van der Waals surface area (Å²) in [6, 6.07) is 7.18. The van der Waals surface area contributed by atoms with Gasteiger partial charge in [-0.1, -0.05) is 19.0 Å². The Kier molecular flexibility index (Phi) is 7.50. The van der Waals surface area contributed by atoms with Gasteiger partial charge in [0, 0.05) is 29.5 Å². The molecule has 0 saturated carbocycles. The Bertz CT molecular complexity index is 924. The van der Waals surface area contributed by atoms with Crippen LogP contribution in [-0.2, 0) is 17.6 Å². The molecule has 0 aliphatic carbocycles. The molecule has 28 heavy (non-hydrogen) atoms. The summed E-state index contributed by atoms with van der Waals surface area (Å²) in [6.45, 7) is 6.06. The third-order valence-corrected chi connectivity index (χ3v) is 4.25. The van der Waals surface area contributed by atoms with Gasteiger partial charge in [-0.3, -0.25) is 9.78 Å². The van der Waals surface area contributed by atoms with Crippen LogP contribution in [0, 0.1) is 0 Å². The van der Waals surface area contributed by atoms with Crippen LogP contribution in [0.2, 0.25) is 0 Å². The zero-order valence-electron chi connectivity index (χ0n) is 16.2. The van der Waals surface area contributed by atoms with E-state index >= 15 is 0 Å². The molecular formula is C20H25N5O3. The van der Waals surface area contributed by atoms with Crippen molar-refractivity contribution >= 4 is 29.1 Å². The van der Waals surface area contributed by atoms with Crippen LogP contribution in [0.25, 0.3) is 11.0 Å². The van der Waals surface area contributed by atoms with E-state index in [0.29, 0.717) is 11.3 Å². The first-order valence-electron chi connectivity index (χ1n) is 9.07. The van der Waals surface area contributed by atoms with E-state index in [9.17, 15) is 4.79 Å². The van der Waals surface area contributed by atoms with Crippen LogP contribution in [0.4, 0.5) is 10.5 Å².